The number of rotatable bonds is 3. The minimum atomic E-state index is -0.325. The Morgan fingerprint density at radius 1 is 1.19 bits per heavy atom. The molecule has 1 saturated heterocycles. The van der Waals surface area contributed by atoms with Crippen LogP contribution in [-0.4, -0.2) is 43.9 Å². The number of fused-ring (bicyclic) bond motifs is 1. The number of likely N-dealkylation sites (N-methyl/N-ethyl adjacent to an activating group) is 1. The Labute approximate surface area is 126 Å². The maximum absolute atomic E-state index is 9.97. The van der Waals surface area contributed by atoms with Crippen molar-refractivity contribution in [2.45, 2.75) is 30.8 Å². The first-order valence-corrected chi connectivity index (χ1v) is 7.45. The minimum Gasteiger partial charge on any atom is -0.493 e. The molecule has 0 radical (unpaired) electrons. The number of allylic oxidation sites excluding steroid dienone is 1. The summed E-state index contributed by atoms with van der Waals surface area (Å²) >= 11 is 0. The minimum absolute atomic E-state index is 0.00747. The third-order valence-electron chi connectivity index (χ3n) is 4.93. The zero-order chi connectivity index (χ0) is 15.0. The van der Waals surface area contributed by atoms with E-state index in [9.17, 15) is 5.11 Å². The molecule has 0 aromatic heterocycles. The van der Waals surface area contributed by atoms with Gasteiger partial charge in [-0.3, -0.25) is 0 Å². The van der Waals surface area contributed by atoms with Crippen LogP contribution in [0.2, 0.25) is 0 Å². The summed E-state index contributed by atoms with van der Waals surface area (Å²) in [6.07, 6.45) is 4.56. The van der Waals surface area contributed by atoms with Crippen molar-refractivity contribution in [2.75, 3.05) is 27.8 Å². The van der Waals surface area contributed by atoms with Crippen LogP contribution in [0.1, 0.15) is 24.8 Å². The molecule has 1 heterocycles. The average Bonchev–Trinajstić information content (AvgIpc) is 2.85. The van der Waals surface area contributed by atoms with E-state index >= 15 is 0 Å². The van der Waals surface area contributed by atoms with E-state index in [1.54, 1.807) is 14.2 Å². The van der Waals surface area contributed by atoms with E-state index in [0.29, 0.717) is 0 Å². The summed E-state index contributed by atoms with van der Waals surface area (Å²) in [7, 11) is 5.43. The molecular formula is C17H23NO3. The predicted molar refractivity (Wildman–Crippen MR) is 81.8 cm³/mol. The third-order valence-corrected chi connectivity index (χ3v) is 4.93. The van der Waals surface area contributed by atoms with Gasteiger partial charge in [0.05, 0.1) is 20.3 Å². The first-order chi connectivity index (χ1) is 10.1. The van der Waals surface area contributed by atoms with E-state index in [4.69, 9.17) is 9.47 Å². The maximum atomic E-state index is 9.97. The van der Waals surface area contributed by atoms with E-state index in [1.165, 1.54) is 11.3 Å². The molecule has 2 aliphatic rings. The number of aliphatic hydroxyl groups is 1. The van der Waals surface area contributed by atoms with Crippen molar-refractivity contribution in [3.8, 4) is 11.5 Å². The van der Waals surface area contributed by atoms with Crippen LogP contribution in [-0.2, 0) is 5.41 Å². The van der Waals surface area contributed by atoms with Crippen molar-refractivity contribution in [3.05, 3.63) is 35.5 Å². The van der Waals surface area contributed by atoms with Gasteiger partial charge < -0.3 is 19.5 Å². The molecular weight excluding hydrogens is 266 g/mol. The van der Waals surface area contributed by atoms with Crippen molar-refractivity contribution >= 4 is 0 Å². The topological polar surface area (TPSA) is 41.9 Å². The molecule has 1 aromatic carbocycles. The van der Waals surface area contributed by atoms with E-state index in [1.807, 2.05) is 12.1 Å². The molecule has 1 fully saturated rings. The molecule has 4 nitrogen and oxygen atoms in total. The number of aliphatic hydroxyl groups excluding tert-OH is 1. The Morgan fingerprint density at radius 3 is 2.67 bits per heavy atom. The van der Waals surface area contributed by atoms with Gasteiger partial charge in [-0.15, -0.1) is 0 Å². The molecule has 1 aromatic rings. The Balaban J connectivity index is 2.08. The Kier molecular flexibility index (Phi) is 3.57. The molecule has 0 bridgehead atoms. The molecule has 21 heavy (non-hydrogen) atoms. The number of hydrogen-bond donors (Lipinski definition) is 1. The van der Waals surface area contributed by atoms with Gasteiger partial charge >= 0.3 is 0 Å². The zero-order valence-corrected chi connectivity index (χ0v) is 12.9. The van der Waals surface area contributed by atoms with Gasteiger partial charge in [0.15, 0.2) is 11.5 Å². The fraction of sp³-hybridized carbons (Fsp3) is 0.529. The van der Waals surface area contributed by atoms with Crippen LogP contribution in [0.15, 0.2) is 30.0 Å². The second-order valence-corrected chi connectivity index (χ2v) is 5.98. The molecule has 1 N–H and O–H groups in total. The van der Waals surface area contributed by atoms with Gasteiger partial charge in [-0.2, -0.15) is 0 Å². The van der Waals surface area contributed by atoms with Gasteiger partial charge in [0, 0.05) is 24.7 Å². The summed E-state index contributed by atoms with van der Waals surface area (Å²) < 4.78 is 10.8. The second-order valence-electron chi connectivity index (χ2n) is 5.98. The van der Waals surface area contributed by atoms with E-state index in [0.717, 1.165) is 37.3 Å². The third kappa shape index (κ3) is 2.18. The van der Waals surface area contributed by atoms with Crippen LogP contribution >= 0.6 is 0 Å². The molecule has 114 valence electrons. The fourth-order valence-corrected chi connectivity index (χ4v) is 3.74. The quantitative estimate of drug-likeness (QED) is 0.927. The molecule has 1 unspecified atom stereocenters. The number of ether oxygens (including phenoxy) is 2. The van der Waals surface area contributed by atoms with Crippen LogP contribution < -0.4 is 9.47 Å². The van der Waals surface area contributed by atoms with Gasteiger partial charge in [-0.05, 0) is 43.0 Å². The normalized spacial score (nSPS) is 28.1. The molecule has 2 atom stereocenters. The number of likely N-dealkylation sites (tertiary alicyclic amines) is 1. The molecule has 4 heteroatoms. The monoisotopic (exact) mass is 289 g/mol. The number of hydrogen-bond acceptors (Lipinski definition) is 4. The summed E-state index contributed by atoms with van der Waals surface area (Å²) in [6.45, 7) is 1.02. The maximum Gasteiger partial charge on any atom is 0.161 e. The molecule has 1 aliphatic carbocycles. The predicted octanol–water partition coefficient (Wildman–Crippen LogP) is 2.32. The lowest BCUT2D eigenvalue weighted by atomic mass is 9.70. The van der Waals surface area contributed by atoms with Crippen LogP contribution in [0.3, 0.4) is 0 Å². The average molecular weight is 289 g/mol. The molecule has 0 amide bonds. The van der Waals surface area contributed by atoms with Crippen molar-refractivity contribution in [2.24, 2.45) is 0 Å². The van der Waals surface area contributed by atoms with Crippen LogP contribution in [0.5, 0.6) is 11.5 Å². The van der Waals surface area contributed by atoms with E-state index in [2.05, 4.69) is 24.1 Å². The van der Waals surface area contributed by atoms with Crippen molar-refractivity contribution in [3.63, 3.8) is 0 Å². The van der Waals surface area contributed by atoms with Crippen molar-refractivity contribution in [1.82, 2.24) is 4.90 Å². The van der Waals surface area contributed by atoms with Crippen molar-refractivity contribution in [1.29, 1.82) is 0 Å². The number of nitrogens with zero attached hydrogens (tertiary/aromatic N) is 1. The van der Waals surface area contributed by atoms with E-state index in [-0.39, 0.29) is 11.5 Å². The number of benzene rings is 1. The molecule has 1 aliphatic heterocycles. The standard InChI is InChI=1S/C17H23NO3/c1-18-9-8-17(7-6-13(19)11-16(17)18)12-4-5-14(20-2)15(10-12)21-3/h4-5,10-11,13,19H,6-9H2,1-3H3/t13?,17-/m0/s1. The lowest BCUT2D eigenvalue weighted by molar-refractivity contribution is 0.181. The molecule has 0 spiro atoms. The Hall–Kier alpha value is -1.68. The van der Waals surface area contributed by atoms with Crippen molar-refractivity contribution < 1.29 is 14.6 Å². The van der Waals surface area contributed by atoms with Gasteiger partial charge in [0.1, 0.15) is 0 Å². The van der Waals surface area contributed by atoms with Crippen LogP contribution in [0, 0.1) is 0 Å². The highest BCUT2D eigenvalue weighted by Crippen LogP contribution is 2.50. The first kappa shape index (κ1) is 14.3. The first-order valence-electron chi connectivity index (χ1n) is 7.45. The van der Waals surface area contributed by atoms with Gasteiger partial charge in [0.25, 0.3) is 0 Å². The second kappa shape index (κ2) is 5.26. The summed E-state index contributed by atoms with van der Waals surface area (Å²) in [5.74, 6) is 1.52. The number of methoxy groups -OCH3 is 2. The Bertz CT molecular complexity index is 569. The van der Waals surface area contributed by atoms with E-state index < -0.39 is 0 Å². The van der Waals surface area contributed by atoms with Gasteiger partial charge in [-0.25, -0.2) is 0 Å². The smallest absolute Gasteiger partial charge is 0.161 e. The SMILES string of the molecule is COc1ccc([C@@]23CCC(O)C=C2N(C)CC3)cc1OC. The van der Waals surface area contributed by atoms with Gasteiger partial charge in [-0.1, -0.05) is 6.07 Å². The summed E-state index contributed by atoms with van der Waals surface area (Å²) in [6, 6.07) is 6.19. The summed E-state index contributed by atoms with van der Waals surface area (Å²) in [4.78, 5) is 2.26. The lowest BCUT2D eigenvalue weighted by Gasteiger charge is -2.37. The highest BCUT2D eigenvalue weighted by atomic mass is 16.5. The molecule has 3 rings (SSSR count). The largest absolute Gasteiger partial charge is 0.493 e. The highest BCUT2D eigenvalue weighted by Gasteiger charge is 2.45. The fourth-order valence-electron chi connectivity index (χ4n) is 3.74. The van der Waals surface area contributed by atoms with Gasteiger partial charge in [0.2, 0.25) is 0 Å². The lowest BCUT2D eigenvalue weighted by Crippen LogP contribution is -2.33. The summed E-state index contributed by atoms with van der Waals surface area (Å²) in [5, 5.41) is 9.97. The van der Waals surface area contributed by atoms with Crippen LogP contribution in [0.4, 0.5) is 0 Å². The highest BCUT2D eigenvalue weighted by molar-refractivity contribution is 5.49. The zero-order valence-electron chi connectivity index (χ0n) is 12.9. The Morgan fingerprint density at radius 2 is 1.95 bits per heavy atom. The summed E-state index contributed by atoms with van der Waals surface area (Å²) in [5.41, 5.74) is 2.50. The van der Waals surface area contributed by atoms with Crippen LogP contribution in [0.25, 0.3) is 0 Å². The molecule has 0 saturated carbocycles.